The van der Waals surface area contributed by atoms with Crippen LogP contribution in [0.3, 0.4) is 0 Å². The van der Waals surface area contributed by atoms with E-state index >= 15 is 0 Å². The van der Waals surface area contributed by atoms with Gasteiger partial charge in [0.05, 0.1) is 20.8 Å². The summed E-state index contributed by atoms with van der Waals surface area (Å²) in [6.07, 6.45) is 1.78. The van der Waals surface area contributed by atoms with Crippen LogP contribution in [-0.2, 0) is 24.2 Å². The molecule has 5 heteroatoms. The van der Waals surface area contributed by atoms with Gasteiger partial charge in [-0.15, -0.1) is 0 Å². The molecular weight excluding hydrogens is 328 g/mol. The minimum Gasteiger partial charge on any atom is -0.493 e. The van der Waals surface area contributed by atoms with Crippen molar-refractivity contribution in [2.75, 3.05) is 26.1 Å². The van der Waals surface area contributed by atoms with Crippen LogP contribution in [-0.4, -0.2) is 26.7 Å². The maximum Gasteiger partial charge on any atom is 0.238 e. The molecule has 0 saturated carbocycles. The number of aryl methyl sites for hydroxylation is 2. The van der Waals surface area contributed by atoms with Crippen molar-refractivity contribution in [1.82, 2.24) is 5.32 Å². The first kappa shape index (κ1) is 19.8. The first-order valence-electron chi connectivity index (χ1n) is 8.95. The van der Waals surface area contributed by atoms with Crippen LogP contribution in [0.15, 0.2) is 36.4 Å². The first-order chi connectivity index (χ1) is 12.6. The normalized spacial score (nSPS) is 10.5. The van der Waals surface area contributed by atoms with Gasteiger partial charge in [-0.25, -0.2) is 0 Å². The highest BCUT2D eigenvalue weighted by Crippen LogP contribution is 2.27. The predicted molar refractivity (Wildman–Crippen MR) is 105 cm³/mol. The summed E-state index contributed by atoms with van der Waals surface area (Å²) in [5, 5.41) is 6.24. The number of benzene rings is 2. The fourth-order valence-electron chi connectivity index (χ4n) is 2.90. The van der Waals surface area contributed by atoms with Gasteiger partial charge in [0.15, 0.2) is 11.5 Å². The third-order valence-corrected chi connectivity index (χ3v) is 4.33. The number of carbonyl (C=O) groups excluding carboxylic acids is 1. The lowest BCUT2D eigenvalue weighted by atomic mass is 10.0. The van der Waals surface area contributed by atoms with Gasteiger partial charge in [0.1, 0.15) is 0 Å². The largest absolute Gasteiger partial charge is 0.493 e. The van der Waals surface area contributed by atoms with Crippen molar-refractivity contribution in [1.29, 1.82) is 0 Å². The number of nitrogens with one attached hydrogen (secondary N) is 2. The van der Waals surface area contributed by atoms with Crippen LogP contribution in [0.5, 0.6) is 11.5 Å². The summed E-state index contributed by atoms with van der Waals surface area (Å²) >= 11 is 0. The Hall–Kier alpha value is -2.53. The highest BCUT2D eigenvalue weighted by Gasteiger charge is 2.10. The van der Waals surface area contributed by atoms with E-state index in [2.05, 4.69) is 36.6 Å². The Morgan fingerprint density at radius 1 is 0.962 bits per heavy atom. The summed E-state index contributed by atoms with van der Waals surface area (Å²) in [5.74, 6) is 1.33. The molecule has 0 unspecified atom stereocenters. The number of hydrogen-bond donors (Lipinski definition) is 2. The number of carbonyl (C=O) groups is 1. The van der Waals surface area contributed by atoms with Crippen molar-refractivity contribution in [3.63, 3.8) is 0 Å². The minimum absolute atomic E-state index is 0.0407. The molecule has 0 aliphatic heterocycles. The van der Waals surface area contributed by atoms with E-state index < -0.39 is 0 Å². The quantitative estimate of drug-likeness (QED) is 0.721. The predicted octanol–water partition coefficient (Wildman–Crippen LogP) is 3.56. The maximum absolute atomic E-state index is 12.3. The van der Waals surface area contributed by atoms with Crippen molar-refractivity contribution >= 4 is 11.6 Å². The van der Waals surface area contributed by atoms with Gasteiger partial charge in [-0.3, -0.25) is 4.79 Å². The molecule has 0 heterocycles. The molecule has 0 radical (unpaired) electrons. The van der Waals surface area contributed by atoms with Gasteiger partial charge in [-0.2, -0.15) is 0 Å². The standard InChI is InChI=1S/C21H28N2O3/c1-5-16-8-7-9-17(6-2)21(16)23-20(24)14-22-13-15-10-11-18(25-3)19(12-15)26-4/h7-12,22H,5-6,13-14H2,1-4H3,(H,23,24). The molecule has 0 bridgehead atoms. The van der Waals surface area contributed by atoms with Crippen LogP contribution in [0.25, 0.3) is 0 Å². The zero-order valence-electron chi connectivity index (χ0n) is 16.0. The Morgan fingerprint density at radius 2 is 1.62 bits per heavy atom. The number of amides is 1. The molecule has 1 amide bonds. The molecule has 0 aliphatic rings. The number of hydrogen-bond acceptors (Lipinski definition) is 4. The van der Waals surface area contributed by atoms with Gasteiger partial charge in [0.2, 0.25) is 5.91 Å². The van der Waals surface area contributed by atoms with E-state index in [-0.39, 0.29) is 12.5 Å². The summed E-state index contributed by atoms with van der Waals surface area (Å²) in [6.45, 7) is 5.01. The van der Waals surface area contributed by atoms with Crippen molar-refractivity contribution < 1.29 is 14.3 Å². The summed E-state index contributed by atoms with van der Waals surface area (Å²) in [7, 11) is 3.22. The molecule has 2 N–H and O–H groups in total. The fourth-order valence-corrected chi connectivity index (χ4v) is 2.90. The lowest BCUT2D eigenvalue weighted by molar-refractivity contribution is -0.115. The van der Waals surface area contributed by atoms with Crippen molar-refractivity contribution in [2.45, 2.75) is 33.2 Å². The molecule has 0 aromatic heterocycles. The second kappa shape index (κ2) is 9.82. The van der Waals surface area contributed by atoms with E-state index in [9.17, 15) is 4.79 Å². The molecule has 0 spiro atoms. The molecule has 140 valence electrons. The lowest BCUT2D eigenvalue weighted by Gasteiger charge is -2.15. The number of rotatable bonds is 9. The van der Waals surface area contributed by atoms with E-state index in [4.69, 9.17) is 9.47 Å². The Labute approximate surface area is 155 Å². The number of para-hydroxylation sites is 1. The molecule has 5 nitrogen and oxygen atoms in total. The van der Waals surface area contributed by atoms with Crippen molar-refractivity contribution in [3.8, 4) is 11.5 Å². The van der Waals surface area contributed by atoms with E-state index in [1.807, 2.05) is 24.3 Å². The van der Waals surface area contributed by atoms with E-state index in [1.165, 1.54) is 0 Å². The minimum atomic E-state index is -0.0407. The SMILES string of the molecule is CCc1cccc(CC)c1NC(=O)CNCc1ccc(OC)c(OC)c1. The average molecular weight is 356 g/mol. The number of methoxy groups -OCH3 is 2. The van der Waals surface area contributed by atoms with Gasteiger partial charge in [-0.05, 0) is 41.7 Å². The van der Waals surface area contributed by atoms with Crippen molar-refractivity contribution in [2.24, 2.45) is 0 Å². The molecule has 0 saturated heterocycles. The molecule has 2 rings (SSSR count). The first-order valence-corrected chi connectivity index (χ1v) is 8.95. The van der Waals surface area contributed by atoms with Crippen LogP contribution in [0, 0.1) is 0 Å². The van der Waals surface area contributed by atoms with Gasteiger partial charge in [-0.1, -0.05) is 38.1 Å². The second-order valence-corrected chi connectivity index (χ2v) is 6.00. The van der Waals surface area contributed by atoms with Gasteiger partial charge >= 0.3 is 0 Å². The zero-order chi connectivity index (χ0) is 18.9. The van der Waals surface area contributed by atoms with Crippen molar-refractivity contribution in [3.05, 3.63) is 53.1 Å². The second-order valence-electron chi connectivity index (χ2n) is 6.00. The topological polar surface area (TPSA) is 59.6 Å². The number of anilines is 1. The van der Waals surface area contributed by atoms with Gasteiger partial charge < -0.3 is 20.1 Å². The molecule has 0 aliphatic carbocycles. The third kappa shape index (κ3) is 4.99. The molecule has 2 aromatic rings. The van der Waals surface area contributed by atoms with Crippen LogP contribution in [0.2, 0.25) is 0 Å². The highest BCUT2D eigenvalue weighted by atomic mass is 16.5. The van der Waals surface area contributed by atoms with Crippen LogP contribution < -0.4 is 20.1 Å². The van der Waals surface area contributed by atoms with Crippen LogP contribution in [0.1, 0.15) is 30.5 Å². The Morgan fingerprint density at radius 3 is 2.19 bits per heavy atom. The average Bonchev–Trinajstić information content (AvgIpc) is 2.67. The Bertz CT molecular complexity index is 722. The number of ether oxygens (including phenoxy) is 2. The Balaban J connectivity index is 1.94. The summed E-state index contributed by atoms with van der Waals surface area (Å²) in [6, 6.07) is 11.9. The van der Waals surface area contributed by atoms with Gasteiger partial charge in [0.25, 0.3) is 0 Å². The molecule has 2 aromatic carbocycles. The Kier molecular flexibility index (Phi) is 7.48. The van der Waals surface area contributed by atoms with Crippen LogP contribution >= 0.6 is 0 Å². The fraction of sp³-hybridized carbons (Fsp3) is 0.381. The smallest absolute Gasteiger partial charge is 0.238 e. The highest BCUT2D eigenvalue weighted by molar-refractivity contribution is 5.93. The lowest BCUT2D eigenvalue weighted by Crippen LogP contribution is -2.28. The molecule has 0 fully saturated rings. The zero-order valence-corrected chi connectivity index (χ0v) is 16.0. The van der Waals surface area contributed by atoms with E-state index in [0.717, 1.165) is 35.2 Å². The molecular formula is C21H28N2O3. The van der Waals surface area contributed by atoms with Crippen LogP contribution in [0.4, 0.5) is 5.69 Å². The van der Waals surface area contributed by atoms with E-state index in [0.29, 0.717) is 18.0 Å². The summed E-state index contributed by atoms with van der Waals surface area (Å²) < 4.78 is 10.5. The van der Waals surface area contributed by atoms with E-state index in [1.54, 1.807) is 14.2 Å². The van der Waals surface area contributed by atoms with Gasteiger partial charge in [0, 0.05) is 12.2 Å². The maximum atomic E-state index is 12.3. The third-order valence-electron chi connectivity index (χ3n) is 4.33. The molecule has 26 heavy (non-hydrogen) atoms. The summed E-state index contributed by atoms with van der Waals surface area (Å²) in [4.78, 5) is 12.3. The monoisotopic (exact) mass is 356 g/mol. The molecule has 0 atom stereocenters. The summed E-state index contributed by atoms with van der Waals surface area (Å²) in [5.41, 5.74) is 4.31.